The zero-order chi connectivity index (χ0) is 16.8. The van der Waals surface area contributed by atoms with Gasteiger partial charge in [0, 0.05) is 11.4 Å². The van der Waals surface area contributed by atoms with Gasteiger partial charge in [0.05, 0.1) is 22.3 Å². The van der Waals surface area contributed by atoms with E-state index in [-0.39, 0.29) is 12.5 Å². The number of nitrogens with zero attached hydrogens (tertiary/aromatic N) is 1. The Labute approximate surface area is 151 Å². The third-order valence-electron chi connectivity index (χ3n) is 3.25. The van der Waals surface area contributed by atoms with Gasteiger partial charge in [-0.1, -0.05) is 41.4 Å². The summed E-state index contributed by atoms with van der Waals surface area (Å²) in [4.78, 5) is 15.3. The molecule has 2 rings (SSSR count). The molecule has 122 valence electrons. The van der Waals surface area contributed by atoms with Crippen molar-refractivity contribution in [2.24, 2.45) is 0 Å². The lowest BCUT2D eigenvalue weighted by Crippen LogP contribution is -2.30. The number of thioether (sulfide) groups is 1. The van der Waals surface area contributed by atoms with Gasteiger partial charge in [0.15, 0.2) is 0 Å². The summed E-state index contributed by atoms with van der Waals surface area (Å²) in [7, 11) is 1.90. The van der Waals surface area contributed by atoms with Gasteiger partial charge in [-0.25, -0.2) is 0 Å². The van der Waals surface area contributed by atoms with Crippen molar-refractivity contribution in [2.45, 2.75) is 11.4 Å². The molecule has 0 spiro atoms. The first-order valence-corrected chi connectivity index (χ1v) is 9.03. The van der Waals surface area contributed by atoms with E-state index in [1.165, 1.54) is 4.90 Å². The van der Waals surface area contributed by atoms with Crippen LogP contribution < -0.4 is 5.32 Å². The Bertz CT molecular complexity index is 657. The molecule has 0 aliphatic rings. The Kier molecular flexibility index (Phi) is 6.78. The maximum atomic E-state index is 12.1. The summed E-state index contributed by atoms with van der Waals surface area (Å²) in [5, 5.41) is 3.63. The number of likely N-dealkylation sites (N-methyl/N-ethyl adjacent to an activating group) is 1. The van der Waals surface area contributed by atoms with Crippen molar-refractivity contribution in [3.63, 3.8) is 0 Å². The number of anilines is 1. The molecule has 0 aliphatic heterocycles. The van der Waals surface area contributed by atoms with Crippen LogP contribution in [-0.4, -0.2) is 30.7 Å². The fourth-order valence-electron chi connectivity index (χ4n) is 2.14. The first-order chi connectivity index (χ1) is 11.0. The van der Waals surface area contributed by atoms with Crippen molar-refractivity contribution >= 4 is 46.6 Å². The van der Waals surface area contributed by atoms with E-state index in [1.807, 2.05) is 18.2 Å². The molecule has 0 radical (unpaired) electrons. The van der Waals surface area contributed by atoms with Gasteiger partial charge in [-0.15, -0.1) is 11.8 Å². The fraction of sp³-hybridized carbons (Fsp3) is 0.235. The Balaban J connectivity index is 1.91. The van der Waals surface area contributed by atoms with Crippen molar-refractivity contribution in [3.05, 3.63) is 58.1 Å². The predicted octanol–water partition coefficient (Wildman–Crippen LogP) is 4.79. The van der Waals surface area contributed by atoms with Crippen LogP contribution in [0.4, 0.5) is 5.69 Å². The smallest absolute Gasteiger partial charge is 0.238 e. The molecule has 0 saturated carbocycles. The highest BCUT2D eigenvalue weighted by molar-refractivity contribution is 7.98. The van der Waals surface area contributed by atoms with E-state index in [0.29, 0.717) is 22.3 Å². The van der Waals surface area contributed by atoms with Crippen LogP contribution in [0.1, 0.15) is 5.56 Å². The lowest BCUT2D eigenvalue weighted by atomic mass is 10.2. The summed E-state index contributed by atoms with van der Waals surface area (Å²) < 4.78 is 0. The minimum Gasteiger partial charge on any atom is -0.322 e. The Morgan fingerprint density at radius 2 is 1.74 bits per heavy atom. The molecule has 0 atom stereocenters. The lowest BCUT2D eigenvalue weighted by molar-refractivity contribution is -0.117. The molecule has 23 heavy (non-hydrogen) atoms. The van der Waals surface area contributed by atoms with Gasteiger partial charge in [0.25, 0.3) is 0 Å². The van der Waals surface area contributed by atoms with Gasteiger partial charge < -0.3 is 5.32 Å². The third kappa shape index (κ3) is 5.43. The quantitative estimate of drug-likeness (QED) is 0.744. The molecule has 2 aromatic rings. The molecule has 2 aromatic carbocycles. The van der Waals surface area contributed by atoms with Crippen LogP contribution in [0.5, 0.6) is 0 Å². The topological polar surface area (TPSA) is 32.3 Å². The van der Waals surface area contributed by atoms with Crippen LogP contribution in [-0.2, 0) is 11.3 Å². The molecular weight excluding hydrogens is 351 g/mol. The van der Waals surface area contributed by atoms with Crippen LogP contribution in [0.3, 0.4) is 0 Å². The SMILES string of the molecule is CSc1ccc(CN(C)CC(=O)Nc2c(Cl)cccc2Cl)cc1. The summed E-state index contributed by atoms with van der Waals surface area (Å²) in [6.45, 7) is 0.949. The standard InChI is InChI=1S/C17H18Cl2N2OS/c1-21(10-12-6-8-13(23-2)9-7-12)11-16(22)20-17-14(18)4-3-5-15(17)19/h3-9H,10-11H2,1-2H3,(H,20,22). The highest BCUT2D eigenvalue weighted by Gasteiger charge is 2.12. The van der Waals surface area contributed by atoms with Crippen molar-refractivity contribution in [3.8, 4) is 0 Å². The summed E-state index contributed by atoms with van der Waals surface area (Å²) in [6.07, 6.45) is 2.05. The molecule has 3 nitrogen and oxygen atoms in total. The second-order valence-electron chi connectivity index (χ2n) is 5.17. The predicted molar refractivity (Wildman–Crippen MR) is 99.6 cm³/mol. The second-order valence-corrected chi connectivity index (χ2v) is 6.86. The number of amides is 1. The first-order valence-electron chi connectivity index (χ1n) is 7.05. The normalized spacial score (nSPS) is 10.8. The minimum atomic E-state index is -0.150. The molecule has 0 saturated heterocycles. The number of carbonyl (C=O) groups is 1. The van der Waals surface area contributed by atoms with Crippen molar-refractivity contribution in [1.82, 2.24) is 4.90 Å². The molecule has 0 heterocycles. The van der Waals surface area contributed by atoms with Gasteiger partial charge in [0.1, 0.15) is 0 Å². The van der Waals surface area contributed by atoms with E-state index >= 15 is 0 Å². The fourth-order valence-corrected chi connectivity index (χ4v) is 3.04. The third-order valence-corrected chi connectivity index (χ3v) is 4.63. The van der Waals surface area contributed by atoms with Crippen LogP contribution in [0.15, 0.2) is 47.4 Å². The number of para-hydroxylation sites is 1. The molecule has 0 aliphatic carbocycles. The van der Waals surface area contributed by atoms with E-state index in [0.717, 1.165) is 5.56 Å². The number of carbonyl (C=O) groups excluding carboxylic acids is 1. The highest BCUT2D eigenvalue weighted by atomic mass is 35.5. The number of halogens is 2. The number of rotatable bonds is 6. The number of benzene rings is 2. The zero-order valence-corrected chi connectivity index (χ0v) is 15.3. The van der Waals surface area contributed by atoms with Crippen LogP contribution in [0.2, 0.25) is 10.0 Å². The van der Waals surface area contributed by atoms with Gasteiger partial charge in [-0.05, 0) is 43.1 Å². The van der Waals surface area contributed by atoms with E-state index in [1.54, 1.807) is 30.0 Å². The summed E-state index contributed by atoms with van der Waals surface area (Å²) in [5.74, 6) is -0.150. The van der Waals surface area contributed by atoms with Crippen LogP contribution in [0.25, 0.3) is 0 Å². The summed E-state index contributed by atoms with van der Waals surface area (Å²) >= 11 is 13.8. The van der Waals surface area contributed by atoms with Gasteiger partial charge in [0.2, 0.25) is 5.91 Å². The Morgan fingerprint density at radius 3 is 2.30 bits per heavy atom. The maximum Gasteiger partial charge on any atom is 0.238 e. The maximum absolute atomic E-state index is 12.1. The largest absolute Gasteiger partial charge is 0.322 e. The van der Waals surface area contributed by atoms with Crippen molar-refractivity contribution < 1.29 is 4.79 Å². The molecule has 0 fully saturated rings. The summed E-state index contributed by atoms with van der Waals surface area (Å²) in [5.41, 5.74) is 1.62. The highest BCUT2D eigenvalue weighted by Crippen LogP contribution is 2.29. The summed E-state index contributed by atoms with van der Waals surface area (Å²) in [6, 6.07) is 13.4. The molecule has 0 aromatic heterocycles. The average molecular weight is 369 g/mol. The van der Waals surface area contributed by atoms with E-state index in [9.17, 15) is 4.79 Å². The van der Waals surface area contributed by atoms with E-state index < -0.39 is 0 Å². The van der Waals surface area contributed by atoms with Gasteiger partial charge in [-0.3, -0.25) is 9.69 Å². The number of hydrogen-bond acceptors (Lipinski definition) is 3. The second kappa shape index (κ2) is 8.60. The minimum absolute atomic E-state index is 0.150. The molecular formula is C17H18Cl2N2OS. The van der Waals surface area contributed by atoms with Gasteiger partial charge in [-0.2, -0.15) is 0 Å². The zero-order valence-electron chi connectivity index (χ0n) is 13.0. The Morgan fingerprint density at radius 1 is 1.13 bits per heavy atom. The van der Waals surface area contributed by atoms with Crippen LogP contribution >= 0.6 is 35.0 Å². The molecule has 0 bridgehead atoms. The molecule has 0 unspecified atom stereocenters. The molecule has 6 heteroatoms. The lowest BCUT2D eigenvalue weighted by Gasteiger charge is -2.17. The van der Waals surface area contributed by atoms with Crippen molar-refractivity contribution in [2.75, 3.05) is 25.2 Å². The number of nitrogens with one attached hydrogen (secondary N) is 1. The van der Waals surface area contributed by atoms with Crippen molar-refractivity contribution in [1.29, 1.82) is 0 Å². The molecule has 1 amide bonds. The van der Waals surface area contributed by atoms with Crippen LogP contribution in [0, 0.1) is 0 Å². The monoisotopic (exact) mass is 368 g/mol. The van der Waals surface area contributed by atoms with Gasteiger partial charge >= 0.3 is 0 Å². The Hall–Kier alpha value is -1.20. The molecule has 1 N–H and O–H groups in total. The average Bonchev–Trinajstić information content (AvgIpc) is 2.51. The first kappa shape index (κ1) is 18.1. The van der Waals surface area contributed by atoms with E-state index in [4.69, 9.17) is 23.2 Å². The number of hydrogen-bond donors (Lipinski definition) is 1. The van der Waals surface area contributed by atoms with E-state index in [2.05, 4.69) is 29.6 Å².